The largest absolute Gasteiger partial charge is 0.490 e. The smallest absolute Gasteiger partial charge is 0.174 e. The molecule has 0 bridgehead atoms. The van der Waals surface area contributed by atoms with E-state index in [0.29, 0.717) is 88.2 Å². The molecule has 0 aliphatic heterocycles. The minimum Gasteiger partial charge on any atom is -0.490 e. The summed E-state index contributed by atoms with van der Waals surface area (Å²) >= 11 is 0. The molecular weight excluding hydrogens is 742 g/mol. The summed E-state index contributed by atoms with van der Waals surface area (Å²) in [5.41, 5.74) is 0. The maximum Gasteiger partial charge on any atom is 0.174 e. The van der Waals surface area contributed by atoms with Crippen LogP contribution in [0.1, 0.15) is 0 Å². The van der Waals surface area contributed by atoms with Crippen LogP contribution in [0.15, 0.2) is 170 Å². The van der Waals surface area contributed by atoms with Crippen molar-refractivity contribution >= 4 is 46.1 Å². The Kier molecular flexibility index (Phi) is 15.7. The maximum atomic E-state index is 14.8. The van der Waals surface area contributed by atoms with Gasteiger partial charge in [0.25, 0.3) is 0 Å². The first-order valence-electron chi connectivity index (χ1n) is 18.8. The molecule has 0 fully saturated rings. The number of para-hydroxylation sites is 2. The van der Waals surface area contributed by atoms with Crippen LogP contribution in [0.4, 0.5) is 0 Å². The van der Waals surface area contributed by atoms with Gasteiger partial charge in [0.2, 0.25) is 0 Å². The van der Waals surface area contributed by atoms with Crippen molar-refractivity contribution in [3.63, 3.8) is 0 Å². The SMILES string of the molecule is O=P(c1ccccc1)(c1ccccc1)c1ccccc1OCCOCCOCCOCCOCCOc1ccccc1P(=O)(c1ccccc1)c1ccccc1. The Morgan fingerprint density at radius 2 is 0.518 bits per heavy atom. The second-order valence-corrected chi connectivity index (χ2v) is 18.1. The lowest BCUT2D eigenvalue weighted by Crippen LogP contribution is -2.26. The summed E-state index contributed by atoms with van der Waals surface area (Å²) in [6.07, 6.45) is 0. The summed E-state index contributed by atoms with van der Waals surface area (Å²) in [5, 5.41) is 4.36. The Morgan fingerprint density at radius 1 is 0.286 bits per heavy atom. The summed E-state index contributed by atoms with van der Waals surface area (Å²) in [5.74, 6) is 1.16. The third-order valence-corrected chi connectivity index (χ3v) is 15.2. The molecule has 10 heteroatoms. The zero-order chi connectivity index (χ0) is 38.7. The fraction of sp³-hybridized carbons (Fsp3) is 0.217. The minimum absolute atomic E-state index is 0.309. The van der Waals surface area contributed by atoms with E-state index in [1.807, 2.05) is 170 Å². The summed E-state index contributed by atoms with van der Waals surface area (Å²) in [6, 6.07) is 53.3. The van der Waals surface area contributed by atoms with Gasteiger partial charge in [-0.1, -0.05) is 146 Å². The molecule has 0 aliphatic rings. The summed E-state index contributed by atoms with van der Waals surface area (Å²) < 4.78 is 64.6. The normalized spacial score (nSPS) is 11.6. The second kappa shape index (κ2) is 21.5. The average Bonchev–Trinajstić information content (AvgIpc) is 3.27. The molecule has 6 rings (SSSR count). The van der Waals surface area contributed by atoms with Crippen molar-refractivity contribution in [1.82, 2.24) is 0 Å². The molecule has 0 radical (unpaired) electrons. The number of ether oxygens (including phenoxy) is 6. The van der Waals surface area contributed by atoms with E-state index in [9.17, 15) is 9.13 Å². The van der Waals surface area contributed by atoms with Crippen LogP contribution in [0.25, 0.3) is 0 Å². The molecule has 0 saturated carbocycles. The molecule has 0 heterocycles. The number of benzene rings is 6. The molecule has 0 N–H and O–H groups in total. The molecule has 0 saturated heterocycles. The Bertz CT molecular complexity index is 1890. The molecule has 0 spiro atoms. The van der Waals surface area contributed by atoms with E-state index in [2.05, 4.69) is 0 Å². The van der Waals surface area contributed by atoms with Gasteiger partial charge in [0.15, 0.2) is 14.3 Å². The fourth-order valence-corrected chi connectivity index (χ4v) is 11.8. The summed E-state index contributed by atoms with van der Waals surface area (Å²) in [4.78, 5) is 0. The average molecular weight is 791 g/mol. The lowest BCUT2D eigenvalue weighted by atomic mass is 10.3. The van der Waals surface area contributed by atoms with Crippen molar-refractivity contribution in [2.24, 2.45) is 0 Å². The van der Waals surface area contributed by atoms with Crippen molar-refractivity contribution in [2.75, 3.05) is 66.1 Å². The third-order valence-electron chi connectivity index (χ3n) is 8.97. The molecule has 0 unspecified atom stereocenters. The Labute approximate surface area is 330 Å². The molecule has 0 atom stereocenters. The van der Waals surface area contributed by atoms with E-state index in [1.165, 1.54) is 0 Å². The van der Waals surface area contributed by atoms with E-state index in [4.69, 9.17) is 28.4 Å². The van der Waals surface area contributed by atoms with Crippen LogP contribution in [0.3, 0.4) is 0 Å². The highest BCUT2D eigenvalue weighted by Gasteiger charge is 2.33. The Hall–Kier alpha value is -4.78. The summed E-state index contributed by atoms with van der Waals surface area (Å²) in [6.45, 7) is 3.89. The molecule has 6 aromatic carbocycles. The number of rotatable bonds is 23. The second-order valence-electron chi connectivity index (χ2n) is 12.6. The van der Waals surface area contributed by atoms with Crippen molar-refractivity contribution in [3.8, 4) is 11.5 Å². The van der Waals surface area contributed by atoms with E-state index in [1.54, 1.807) is 0 Å². The summed E-state index contributed by atoms with van der Waals surface area (Å²) in [7, 11) is -6.32. The minimum atomic E-state index is -3.16. The van der Waals surface area contributed by atoms with Crippen LogP contribution in [0.5, 0.6) is 11.5 Å². The molecular formula is C46H48O8P2. The van der Waals surface area contributed by atoms with Gasteiger partial charge in [-0.2, -0.15) is 0 Å². The molecule has 6 aromatic rings. The van der Waals surface area contributed by atoms with E-state index < -0.39 is 14.3 Å². The fourth-order valence-electron chi connectivity index (χ4n) is 6.27. The van der Waals surface area contributed by atoms with Crippen molar-refractivity contribution < 1.29 is 37.6 Å². The van der Waals surface area contributed by atoms with Gasteiger partial charge in [0, 0.05) is 21.2 Å². The van der Waals surface area contributed by atoms with E-state index >= 15 is 0 Å². The van der Waals surface area contributed by atoms with Crippen molar-refractivity contribution in [1.29, 1.82) is 0 Å². The van der Waals surface area contributed by atoms with Gasteiger partial charge in [0.1, 0.15) is 24.7 Å². The molecule has 8 nitrogen and oxygen atoms in total. The van der Waals surface area contributed by atoms with Gasteiger partial charge in [-0.3, -0.25) is 0 Å². The molecule has 0 amide bonds. The third kappa shape index (κ3) is 10.5. The van der Waals surface area contributed by atoms with Crippen LogP contribution >= 0.6 is 14.3 Å². The quantitative estimate of drug-likeness (QED) is 0.0538. The van der Waals surface area contributed by atoms with Crippen molar-refractivity contribution in [3.05, 3.63) is 170 Å². The van der Waals surface area contributed by atoms with Crippen LogP contribution < -0.4 is 41.3 Å². The first-order chi connectivity index (χ1) is 27.6. The van der Waals surface area contributed by atoms with Crippen LogP contribution in [0, 0.1) is 0 Å². The molecule has 0 aliphatic carbocycles. The zero-order valence-electron chi connectivity index (χ0n) is 31.4. The predicted molar refractivity (Wildman–Crippen MR) is 226 cm³/mol. The highest BCUT2D eigenvalue weighted by molar-refractivity contribution is 7.86. The van der Waals surface area contributed by atoms with Gasteiger partial charge in [-0.15, -0.1) is 0 Å². The first-order valence-corrected chi connectivity index (χ1v) is 22.2. The van der Waals surface area contributed by atoms with Gasteiger partial charge in [-0.25, -0.2) is 0 Å². The topological polar surface area (TPSA) is 89.5 Å². The highest BCUT2D eigenvalue weighted by atomic mass is 31.2. The molecule has 0 aromatic heterocycles. The van der Waals surface area contributed by atoms with Crippen LogP contribution in [-0.4, -0.2) is 66.1 Å². The number of hydrogen-bond acceptors (Lipinski definition) is 8. The monoisotopic (exact) mass is 790 g/mol. The Balaban J connectivity index is 0.845. The molecule has 56 heavy (non-hydrogen) atoms. The Morgan fingerprint density at radius 3 is 0.804 bits per heavy atom. The van der Waals surface area contributed by atoms with E-state index in [0.717, 1.165) is 21.2 Å². The number of hydrogen-bond donors (Lipinski definition) is 0. The van der Waals surface area contributed by atoms with Gasteiger partial charge in [0.05, 0.1) is 63.5 Å². The van der Waals surface area contributed by atoms with E-state index in [-0.39, 0.29) is 0 Å². The van der Waals surface area contributed by atoms with Gasteiger partial charge in [-0.05, 0) is 24.3 Å². The maximum absolute atomic E-state index is 14.8. The predicted octanol–water partition coefficient (Wildman–Crippen LogP) is 6.49. The lowest BCUT2D eigenvalue weighted by molar-refractivity contribution is -0.00694. The standard InChI is InChI=1S/C46H48O8P2/c47-55(39-17-5-1-6-18-39,40-19-7-2-8-20-40)45-27-15-13-25-43(45)53-37-35-51-33-31-49-29-30-50-32-34-52-36-38-54-44-26-14-16-28-46(44)56(48,41-21-9-3-10-22-41)42-23-11-4-12-24-42/h1-28H,29-38H2. The molecule has 290 valence electrons. The van der Waals surface area contributed by atoms with Gasteiger partial charge >= 0.3 is 0 Å². The van der Waals surface area contributed by atoms with Crippen LogP contribution in [0.2, 0.25) is 0 Å². The van der Waals surface area contributed by atoms with Gasteiger partial charge < -0.3 is 37.6 Å². The zero-order valence-corrected chi connectivity index (χ0v) is 33.2. The van der Waals surface area contributed by atoms with Crippen LogP contribution in [-0.2, 0) is 28.1 Å². The lowest BCUT2D eigenvalue weighted by Gasteiger charge is -2.22. The highest BCUT2D eigenvalue weighted by Crippen LogP contribution is 2.46. The van der Waals surface area contributed by atoms with Crippen molar-refractivity contribution in [2.45, 2.75) is 0 Å². The first kappa shape index (κ1) is 40.9.